The second-order valence-corrected chi connectivity index (χ2v) is 5.60. The molecule has 2 aromatic rings. The summed E-state index contributed by atoms with van der Waals surface area (Å²) in [5.74, 6) is 1.47. The fourth-order valence-electron chi connectivity index (χ4n) is 3.62. The van der Waals surface area contributed by atoms with Crippen molar-refractivity contribution < 1.29 is 9.47 Å². The van der Waals surface area contributed by atoms with Gasteiger partial charge in [-0.05, 0) is 37.0 Å². The highest BCUT2D eigenvalue weighted by Crippen LogP contribution is 2.40. The maximum absolute atomic E-state index is 12.5. The normalized spacial score (nSPS) is 15.3. The first-order valence-corrected chi connectivity index (χ1v) is 7.32. The molecule has 5 heteroatoms. The molecule has 4 rings (SSSR count). The molecule has 0 spiro atoms. The molecule has 21 heavy (non-hydrogen) atoms. The topological polar surface area (TPSA) is 45.4 Å². The number of hydrogen-bond acceptors (Lipinski definition) is 3. The number of imidazole rings is 1. The number of benzene rings is 1. The van der Waals surface area contributed by atoms with E-state index in [0.29, 0.717) is 0 Å². The summed E-state index contributed by atoms with van der Waals surface area (Å²) in [5, 5.41) is 0. The number of nitrogens with zero attached hydrogens (tertiary/aromatic N) is 2. The largest absolute Gasteiger partial charge is 0.493 e. The highest BCUT2D eigenvalue weighted by Gasteiger charge is 2.29. The lowest BCUT2D eigenvalue weighted by atomic mass is 9.95. The van der Waals surface area contributed by atoms with Crippen LogP contribution in [0.1, 0.15) is 17.7 Å². The zero-order valence-corrected chi connectivity index (χ0v) is 12.3. The Bertz CT molecular complexity index is 786. The van der Waals surface area contributed by atoms with Crippen molar-refractivity contribution in [1.82, 2.24) is 9.13 Å². The summed E-state index contributed by atoms with van der Waals surface area (Å²) in [4.78, 5) is 12.5. The molecule has 0 saturated carbocycles. The highest BCUT2D eigenvalue weighted by molar-refractivity contribution is 5.72. The minimum absolute atomic E-state index is 0.137. The van der Waals surface area contributed by atoms with Gasteiger partial charge in [-0.15, -0.1) is 0 Å². The molecule has 0 aliphatic carbocycles. The Labute approximate surface area is 122 Å². The summed E-state index contributed by atoms with van der Waals surface area (Å²) >= 11 is 0. The molecule has 110 valence electrons. The Hall–Kier alpha value is -2.17. The molecule has 0 radical (unpaired) electrons. The van der Waals surface area contributed by atoms with Crippen LogP contribution in [0.3, 0.4) is 0 Å². The maximum atomic E-state index is 12.5. The molecule has 0 N–H and O–H groups in total. The van der Waals surface area contributed by atoms with Crippen LogP contribution in [0.2, 0.25) is 0 Å². The van der Waals surface area contributed by atoms with Crippen molar-refractivity contribution in [3.8, 4) is 22.8 Å². The summed E-state index contributed by atoms with van der Waals surface area (Å²) in [7, 11) is 3.30. The number of ether oxygens (including phenoxy) is 2. The van der Waals surface area contributed by atoms with Crippen LogP contribution in [0.4, 0.5) is 0 Å². The minimum atomic E-state index is 0.137. The third kappa shape index (κ3) is 1.60. The number of aromatic nitrogens is 2. The summed E-state index contributed by atoms with van der Waals surface area (Å²) < 4.78 is 14.7. The first kappa shape index (κ1) is 12.6. The van der Waals surface area contributed by atoms with E-state index in [1.54, 1.807) is 14.2 Å². The number of rotatable bonds is 2. The van der Waals surface area contributed by atoms with Crippen molar-refractivity contribution in [2.45, 2.75) is 32.4 Å². The predicted octanol–water partition coefficient (Wildman–Crippen LogP) is 1.84. The van der Waals surface area contributed by atoms with Gasteiger partial charge in [0.2, 0.25) is 0 Å². The Kier molecular flexibility index (Phi) is 2.64. The minimum Gasteiger partial charge on any atom is -0.493 e. The van der Waals surface area contributed by atoms with E-state index in [2.05, 4.69) is 0 Å². The van der Waals surface area contributed by atoms with Gasteiger partial charge >= 0.3 is 5.69 Å². The molecule has 0 amide bonds. The van der Waals surface area contributed by atoms with Crippen molar-refractivity contribution in [1.29, 1.82) is 0 Å². The number of fused-ring (bicyclic) bond motifs is 5. The molecule has 1 aromatic carbocycles. The van der Waals surface area contributed by atoms with Crippen LogP contribution in [0.25, 0.3) is 11.3 Å². The van der Waals surface area contributed by atoms with Crippen molar-refractivity contribution in [2.24, 2.45) is 0 Å². The standard InChI is InChI=1S/C16H18N2O3/c1-20-13-8-10-5-7-18-15(11(10)9-14(13)21-2)12-4-3-6-17(12)16(18)19/h8-9H,3-7H2,1-2H3. The van der Waals surface area contributed by atoms with Crippen LogP contribution in [0.15, 0.2) is 16.9 Å². The van der Waals surface area contributed by atoms with Gasteiger partial charge in [-0.25, -0.2) is 4.79 Å². The van der Waals surface area contributed by atoms with Crippen molar-refractivity contribution in [3.05, 3.63) is 33.9 Å². The van der Waals surface area contributed by atoms with Crippen LogP contribution in [0, 0.1) is 0 Å². The van der Waals surface area contributed by atoms with E-state index >= 15 is 0 Å². The first-order chi connectivity index (χ1) is 10.2. The Morgan fingerprint density at radius 1 is 1.00 bits per heavy atom. The van der Waals surface area contributed by atoms with E-state index in [4.69, 9.17) is 9.47 Å². The lowest BCUT2D eigenvalue weighted by Crippen LogP contribution is -2.26. The molecule has 2 aliphatic rings. The summed E-state index contributed by atoms with van der Waals surface area (Å²) in [5.41, 5.74) is 4.74. The van der Waals surface area contributed by atoms with Crippen molar-refractivity contribution in [3.63, 3.8) is 0 Å². The molecule has 2 aliphatic heterocycles. The van der Waals surface area contributed by atoms with Gasteiger partial charge in [-0.2, -0.15) is 0 Å². The van der Waals surface area contributed by atoms with Crippen molar-refractivity contribution >= 4 is 0 Å². The third-order valence-electron chi connectivity index (χ3n) is 4.60. The zero-order valence-electron chi connectivity index (χ0n) is 12.3. The van der Waals surface area contributed by atoms with Gasteiger partial charge in [0, 0.05) is 24.3 Å². The molecule has 3 heterocycles. The average molecular weight is 286 g/mol. The average Bonchev–Trinajstić information content (AvgIpc) is 3.09. The fourth-order valence-corrected chi connectivity index (χ4v) is 3.62. The SMILES string of the molecule is COc1cc2c(cc1OC)-c1c3n(c(=O)n1CC2)CCC3. The molecular weight excluding hydrogens is 268 g/mol. The van der Waals surface area contributed by atoms with Gasteiger partial charge in [0.15, 0.2) is 11.5 Å². The van der Waals surface area contributed by atoms with E-state index in [0.717, 1.165) is 55.1 Å². The van der Waals surface area contributed by atoms with Crippen LogP contribution in [-0.2, 0) is 25.9 Å². The molecule has 0 atom stereocenters. The van der Waals surface area contributed by atoms with Crippen LogP contribution in [0.5, 0.6) is 11.5 Å². The molecule has 5 nitrogen and oxygen atoms in total. The van der Waals surface area contributed by atoms with E-state index in [1.165, 1.54) is 11.3 Å². The van der Waals surface area contributed by atoms with Gasteiger partial charge in [0.05, 0.1) is 19.9 Å². The van der Waals surface area contributed by atoms with Crippen LogP contribution >= 0.6 is 0 Å². The lowest BCUT2D eigenvalue weighted by Gasteiger charge is -2.21. The van der Waals surface area contributed by atoms with Gasteiger partial charge in [-0.1, -0.05) is 0 Å². The fraction of sp³-hybridized carbons (Fsp3) is 0.438. The molecule has 0 fully saturated rings. The van der Waals surface area contributed by atoms with E-state index < -0.39 is 0 Å². The number of methoxy groups -OCH3 is 2. The molecule has 0 saturated heterocycles. The lowest BCUT2D eigenvalue weighted by molar-refractivity contribution is 0.354. The monoisotopic (exact) mass is 286 g/mol. The second-order valence-electron chi connectivity index (χ2n) is 5.60. The van der Waals surface area contributed by atoms with Crippen LogP contribution in [-0.4, -0.2) is 23.4 Å². The smallest absolute Gasteiger partial charge is 0.328 e. The Morgan fingerprint density at radius 3 is 2.52 bits per heavy atom. The molecular formula is C16H18N2O3. The Balaban J connectivity index is 2.00. The number of hydrogen-bond donors (Lipinski definition) is 0. The maximum Gasteiger partial charge on any atom is 0.328 e. The highest BCUT2D eigenvalue weighted by atomic mass is 16.5. The van der Waals surface area contributed by atoms with Gasteiger partial charge in [0.1, 0.15) is 0 Å². The van der Waals surface area contributed by atoms with Gasteiger partial charge in [-0.3, -0.25) is 9.13 Å². The third-order valence-corrected chi connectivity index (χ3v) is 4.60. The zero-order chi connectivity index (χ0) is 14.6. The van der Waals surface area contributed by atoms with E-state index in [9.17, 15) is 4.79 Å². The Morgan fingerprint density at radius 2 is 1.76 bits per heavy atom. The summed E-state index contributed by atoms with van der Waals surface area (Å²) in [6, 6.07) is 4.05. The summed E-state index contributed by atoms with van der Waals surface area (Å²) in [6.45, 7) is 1.59. The molecule has 0 bridgehead atoms. The first-order valence-electron chi connectivity index (χ1n) is 7.32. The van der Waals surface area contributed by atoms with E-state index in [1.807, 2.05) is 21.3 Å². The van der Waals surface area contributed by atoms with Crippen molar-refractivity contribution in [2.75, 3.05) is 14.2 Å². The second kappa shape index (κ2) is 4.41. The van der Waals surface area contributed by atoms with E-state index in [-0.39, 0.29) is 5.69 Å². The van der Waals surface area contributed by atoms with Gasteiger partial charge in [0.25, 0.3) is 0 Å². The predicted molar refractivity (Wildman–Crippen MR) is 79.3 cm³/mol. The number of aryl methyl sites for hydroxylation is 1. The quantitative estimate of drug-likeness (QED) is 0.846. The summed E-state index contributed by atoms with van der Waals surface area (Å²) in [6.07, 6.45) is 2.89. The molecule has 1 aromatic heterocycles. The van der Waals surface area contributed by atoms with Crippen LogP contribution < -0.4 is 15.2 Å². The molecule has 0 unspecified atom stereocenters. The van der Waals surface area contributed by atoms with Gasteiger partial charge < -0.3 is 9.47 Å².